The Kier molecular flexibility index (Phi) is 4.73. The van der Waals surface area contributed by atoms with E-state index < -0.39 is 5.97 Å². The highest BCUT2D eigenvalue weighted by molar-refractivity contribution is 7.19. The van der Waals surface area contributed by atoms with Crippen molar-refractivity contribution in [1.82, 2.24) is 4.98 Å². The van der Waals surface area contributed by atoms with Gasteiger partial charge in [0.2, 0.25) is 0 Å². The van der Waals surface area contributed by atoms with E-state index in [2.05, 4.69) is 37.9 Å². The van der Waals surface area contributed by atoms with Crippen molar-refractivity contribution in [3.63, 3.8) is 0 Å². The third-order valence-electron chi connectivity index (χ3n) is 4.03. The van der Waals surface area contributed by atoms with E-state index in [1.165, 1.54) is 16.9 Å². The Bertz CT molecular complexity index is 897. The number of carboxylic acids is 1. The second-order valence-electron chi connectivity index (χ2n) is 7.10. The largest absolute Gasteiger partial charge is 0.481 e. The topological polar surface area (TPSA) is 50.2 Å². The van der Waals surface area contributed by atoms with Gasteiger partial charge in [-0.1, -0.05) is 57.2 Å². The van der Waals surface area contributed by atoms with Crippen LogP contribution in [-0.4, -0.2) is 16.1 Å². The second-order valence-corrected chi connectivity index (χ2v) is 8.13. The van der Waals surface area contributed by atoms with Gasteiger partial charge in [0, 0.05) is 0 Å². The number of hydrogen-bond donors (Lipinski definition) is 1. The third kappa shape index (κ3) is 4.15. The number of thiazole rings is 1. The van der Waals surface area contributed by atoms with Crippen molar-refractivity contribution in [2.45, 2.75) is 32.6 Å². The predicted molar refractivity (Wildman–Crippen MR) is 105 cm³/mol. The summed E-state index contributed by atoms with van der Waals surface area (Å²) in [6, 6.07) is 16.1. The molecule has 1 aromatic heterocycles. The van der Waals surface area contributed by atoms with Crippen molar-refractivity contribution < 1.29 is 9.90 Å². The second kappa shape index (κ2) is 6.81. The fourth-order valence-corrected chi connectivity index (χ4v) is 3.62. The van der Waals surface area contributed by atoms with Crippen LogP contribution in [0.25, 0.3) is 21.9 Å². The molecule has 4 heteroatoms. The van der Waals surface area contributed by atoms with Gasteiger partial charge < -0.3 is 5.11 Å². The van der Waals surface area contributed by atoms with Gasteiger partial charge in [-0.25, -0.2) is 4.98 Å². The smallest absolute Gasteiger partial charge is 0.307 e. The monoisotopic (exact) mass is 351 g/mol. The molecule has 25 heavy (non-hydrogen) atoms. The standard InChI is InChI=1S/C21H21NO2S/c1-21(2,3)16-10-8-14(9-11-16)12-15(13-19(23)24)20-22-17-6-4-5-7-18(17)25-20/h4-12H,13H2,1-3H3,(H,23,24). The number of carboxylic acid groups (broad SMARTS) is 1. The van der Waals surface area contributed by atoms with E-state index >= 15 is 0 Å². The molecule has 0 aliphatic heterocycles. The number of carbonyl (C=O) groups is 1. The molecular weight excluding hydrogens is 330 g/mol. The van der Waals surface area contributed by atoms with Gasteiger partial charge in [0.25, 0.3) is 0 Å². The van der Waals surface area contributed by atoms with Crippen molar-refractivity contribution in [1.29, 1.82) is 0 Å². The molecule has 0 atom stereocenters. The number of fused-ring (bicyclic) bond motifs is 1. The first-order valence-corrected chi connectivity index (χ1v) is 9.03. The summed E-state index contributed by atoms with van der Waals surface area (Å²) in [7, 11) is 0. The molecule has 0 aliphatic rings. The summed E-state index contributed by atoms with van der Waals surface area (Å²) in [6.07, 6.45) is 1.89. The molecule has 0 radical (unpaired) electrons. The van der Waals surface area contributed by atoms with Crippen LogP contribution in [0.1, 0.15) is 43.3 Å². The fourth-order valence-electron chi connectivity index (χ4n) is 2.64. The Morgan fingerprint density at radius 1 is 1.12 bits per heavy atom. The van der Waals surface area contributed by atoms with Crippen LogP contribution in [0.4, 0.5) is 0 Å². The predicted octanol–water partition coefficient (Wildman–Crippen LogP) is 5.61. The Morgan fingerprint density at radius 3 is 2.40 bits per heavy atom. The molecular formula is C21H21NO2S. The van der Waals surface area contributed by atoms with Crippen LogP contribution in [-0.2, 0) is 10.2 Å². The molecule has 0 spiro atoms. The first kappa shape index (κ1) is 17.4. The maximum Gasteiger partial charge on any atom is 0.307 e. The Labute approximate surface area is 151 Å². The van der Waals surface area contributed by atoms with Crippen molar-refractivity contribution in [2.75, 3.05) is 0 Å². The molecule has 0 unspecified atom stereocenters. The number of para-hydroxylation sites is 1. The highest BCUT2D eigenvalue weighted by Gasteiger charge is 2.14. The van der Waals surface area contributed by atoms with Crippen LogP contribution < -0.4 is 0 Å². The van der Waals surface area contributed by atoms with Gasteiger partial charge in [-0.2, -0.15) is 0 Å². The van der Waals surface area contributed by atoms with E-state index in [0.29, 0.717) is 0 Å². The molecule has 0 saturated carbocycles. The van der Waals surface area contributed by atoms with E-state index in [0.717, 1.165) is 26.4 Å². The summed E-state index contributed by atoms with van der Waals surface area (Å²) in [5.41, 5.74) is 3.98. The van der Waals surface area contributed by atoms with Gasteiger partial charge in [0.15, 0.2) is 0 Å². The zero-order valence-corrected chi connectivity index (χ0v) is 15.4. The summed E-state index contributed by atoms with van der Waals surface area (Å²) in [6.45, 7) is 6.53. The minimum Gasteiger partial charge on any atom is -0.481 e. The van der Waals surface area contributed by atoms with E-state index in [-0.39, 0.29) is 11.8 Å². The van der Waals surface area contributed by atoms with Crippen LogP contribution in [0.5, 0.6) is 0 Å². The Hall–Kier alpha value is -2.46. The van der Waals surface area contributed by atoms with Gasteiger partial charge in [0.1, 0.15) is 5.01 Å². The number of aliphatic carboxylic acids is 1. The SMILES string of the molecule is CC(C)(C)c1ccc(C=C(CC(=O)O)c2nc3ccccc3s2)cc1. The summed E-state index contributed by atoms with van der Waals surface area (Å²) >= 11 is 1.53. The minimum absolute atomic E-state index is 0.0408. The minimum atomic E-state index is -0.850. The number of rotatable bonds is 4. The van der Waals surface area contributed by atoms with E-state index in [1.807, 2.05) is 42.5 Å². The number of nitrogens with zero attached hydrogens (tertiary/aromatic N) is 1. The highest BCUT2D eigenvalue weighted by Crippen LogP contribution is 2.30. The molecule has 0 aliphatic carbocycles. The summed E-state index contributed by atoms with van der Waals surface area (Å²) in [5.74, 6) is -0.850. The molecule has 2 aromatic carbocycles. The van der Waals surface area contributed by atoms with Crippen LogP contribution in [0, 0.1) is 0 Å². The zero-order chi connectivity index (χ0) is 18.0. The number of aromatic nitrogens is 1. The van der Waals surface area contributed by atoms with Crippen molar-refractivity contribution in [3.05, 3.63) is 64.7 Å². The quantitative estimate of drug-likeness (QED) is 0.665. The van der Waals surface area contributed by atoms with Gasteiger partial charge in [-0.05, 0) is 40.3 Å². The number of benzene rings is 2. The number of hydrogen-bond acceptors (Lipinski definition) is 3. The van der Waals surface area contributed by atoms with Crippen LogP contribution in [0.3, 0.4) is 0 Å². The molecule has 0 bridgehead atoms. The lowest BCUT2D eigenvalue weighted by Gasteiger charge is -2.18. The molecule has 3 aromatic rings. The molecule has 0 amide bonds. The van der Waals surface area contributed by atoms with Crippen molar-refractivity contribution in [3.8, 4) is 0 Å². The van der Waals surface area contributed by atoms with Crippen molar-refractivity contribution >= 4 is 39.2 Å². The van der Waals surface area contributed by atoms with Gasteiger partial charge in [-0.3, -0.25) is 4.79 Å². The normalized spacial score (nSPS) is 12.5. The molecule has 3 rings (SSSR count). The zero-order valence-electron chi connectivity index (χ0n) is 14.6. The van der Waals surface area contributed by atoms with E-state index in [9.17, 15) is 9.90 Å². The molecule has 1 heterocycles. The van der Waals surface area contributed by atoms with Gasteiger partial charge >= 0.3 is 5.97 Å². The third-order valence-corrected chi connectivity index (χ3v) is 5.14. The molecule has 128 valence electrons. The lowest BCUT2D eigenvalue weighted by Crippen LogP contribution is -2.10. The fraction of sp³-hybridized carbons (Fsp3) is 0.238. The first-order valence-electron chi connectivity index (χ1n) is 8.22. The van der Waals surface area contributed by atoms with Crippen molar-refractivity contribution in [2.24, 2.45) is 0 Å². The molecule has 1 N–H and O–H groups in total. The maximum absolute atomic E-state index is 11.3. The van der Waals surface area contributed by atoms with Crippen LogP contribution >= 0.6 is 11.3 Å². The average molecular weight is 351 g/mol. The highest BCUT2D eigenvalue weighted by atomic mass is 32.1. The molecule has 3 nitrogen and oxygen atoms in total. The van der Waals surface area contributed by atoms with E-state index in [4.69, 9.17) is 0 Å². The molecule has 0 fully saturated rings. The lowest BCUT2D eigenvalue weighted by molar-refractivity contribution is -0.135. The summed E-state index contributed by atoms with van der Waals surface area (Å²) in [4.78, 5) is 15.9. The van der Waals surface area contributed by atoms with E-state index in [1.54, 1.807) is 0 Å². The van der Waals surface area contributed by atoms with Crippen LogP contribution in [0.2, 0.25) is 0 Å². The first-order chi connectivity index (χ1) is 11.8. The van der Waals surface area contributed by atoms with Crippen LogP contribution in [0.15, 0.2) is 48.5 Å². The summed E-state index contributed by atoms with van der Waals surface area (Å²) in [5, 5.41) is 10.1. The Morgan fingerprint density at radius 2 is 1.80 bits per heavy atom. The van der Waals surface area contributed by atoms with Gasteiger partial charge in [-0.15, -0.1) is 11.3 Å². The average Bonchev–Trinajstić information content (AvgIpc) is 2.97. The Balaban J connectivity index is 2.00. The lowest BCUT2D eigenvalue weighted by atomic mass is 9.86. The van der Waals surface area contributed by atoms with Gasteiger partial charge in [0.05, 0.1) is 16.6 Å². The summed E-state index contributed by atoms with van der Waals surface area (Å²) < 4.78 is 1.07. The maximum atomic E-state index is 11.3. The molecule has 0 saturated heterocycles.